The summed E-state index contributed by atoms with van der Waals surface area (Å²) in [4.78, 5) is 17.3. The van der Waals surface area contributed by atoms with Crippen molar-refractivity contribution in [1.29, 1.82) is 0 Å². The third-order valence-corrected chi connectivity index (χ3v) is 5.66. The summed E-state index contributed by atoms with van der Waals surface area (Å²) in [7, 11) is 0. The van der Waals surface area contributed by atoms with E-state index in [0.717, 1.165) is 10.5 Å². The Morgan fingerprint density at radius 3 is 2.73 bits per heavy atom. The number of carbonyl (C=O) groups excluding carboxylic acids is 1. The highest BCUT2D eigenvalue weighted by Gasteiger charge is 2.26. The van der Waals surface area contributed by atoms with Crippen LogP contribution < -0.4 is 0 Å². The molecule has 26 heavy (non-hydrogen) atoms. The largest absolute Gasteiger partial charge is 0.591 e. The van der Waals surface area contributed by atoms with Gasteiger partial charge in [-0.15, -0.1) is 0 Å². The van der Waals surface area contributed by atoms with Gasteiger partial charge in [-0.25, -0.2) is 9.78 Å². The number of hydrogen-bond acceptors (Lipinski definition) is 6. The second kappa shape index (κ2) is 9.21. The molecule has 1 atom stereocenters. The summed E-state index contributed by atoms with van der Waals surface area (Å²) in [6.07, 6.45) is 3.25. The maximum Gasteiger partial charge on any atom is 0.339 e. The van der Waals surface area contributed by atoms with Crippen LogP contribution in [0.4, 0.5) is 0 Å². The number of esters is 1. The summed E-state index contributed by atoms with van der Waals surface area (Å²) in [5.41, 5.74) is 1.24. The summed E-state index contributed by atoms with van der Waals surface area (Å²) in [6.45, 7) is 7.70. The minimum absolute atomic E-state index is 0.317. The molecule has 2 rings (SSSR count). The fraction of sp³-hybridized carbons (Fsp3) is 0.316. The molecule has 138 valence electrons. The first-order chi connectivity index (χ1) is 12.3. The van der Waals surface area contributed by atoms with Crippen molar-refractivity contribution in [3.8, 4) is 0 Å². The number of ether oxygens (including phenoxy) is 1. The minimum Gasteiger partial charge on any atom is -0.591 e. The van der Waals surface area contributed by atoms with Crippen molar-refractivity contribution in [2.75, 3.05) is 6.61 Å². The maximum atomic E-state index is 12.1. The van der Waals surface area contributed by atoms with E-state index in [1.807, 2.05) is 39.0 Å². The molecule has 0 aliphatic carbocycles. The van der Waals surface area contributed by atoms with Gasteiger partial charge in [-0.05, 0) is 52.0 Å². The van der Waals surface area contributed by atoms with Crippen LogP contribution in [0.15, 0.2) is 56.9 Å². The summed E-state index contributed by atoms with van der Waals surface area (Å²) < 4.78 is 21.0. The number of benzene rings is 1. The molecule has 0 N–H and O–H groups in total. The van der Waals surface area contributed by atoms with E-state index in [2.05, 4.69) is 9.38 Å². The SMILES string of the molecule is CCOC(=O)c1ccccc1Sc1ncccc1C=N[S+]([O-])C(C)(C)C. The van der Waals surface area contributed by atoms with E-state index in [1.54, 1.807) is 37.5 Å². The smallest absolute Gasteiger partial charge is 0.339 e. The highest BCUT2D eigenvalue weighted by molar-refractivity contribution is 7.99. The van der Waals surface area contributed by atoms with Crippen LogP contribution in [0.5, 0.6) is 0 Å². The molecule has 1 aromatic heterocycles. The Morgan fingerprint density at radius 1 is 1.31 bits per heavy atom. The van der Waals surface area contributed by atoms with Gasteiger partial charge in [-0.3, -0.25) is 0 Å². The minimum atomic E-state index is -1.35. The van der Waals surface area contributed by atoms with E-state index in [-0.39, 0.29) is 5.97 Å². The summed E-state index contributed by atoms with van der Waals surface area (Å²) >= 11 is 0.00336. The lowest BCUT2D eigenvalue weighted by Gasteiger charge is -2.17. The lowest BCUT2D eigenvalue weighted by Crippen LogP contribution is -2.25. The van der Waals surface area contributed by atoms with Crippen molar-refractivity contribution >= 4 is 35.3 Å². The van der Waals surface area contributed by atoms with Gasteiger partial charge in [0.05, 0.1) is 18.4 Å². The number of rotatable bonds is 6. The van der Waals surface area contributed by atoms with Gasteiger partial charge in [0.15, 0.2) is 0 Å². The zero-order valence-corrected chi connectivity index (χ0v) is 16.9. The molecule has 0 aliphatic rings. The molecule has 1 aromatic carbocycles. The standard InChI is InChI=1S/C19H22N2O3S2/c1-5-24-18(22)15-10-6-7-11-16(15)25-17-14(9-8-12-20-17)13-21-26(23)19(2,3)4/h6-13H,5H2,1-4H3. The van der Waals surface area contributed by atoms with Crippen LogP contribution in [-0.4, -0.2) is 33.1 Å². The van der Waals surface area contributed by atoms with Crippen LogP contribution in [0.2, 0.25) is 0 Å². The molecule has 0 saturated heterocycles. The van der Waals surface area contributed by atoms with E-state index in [0.29, 0.717) is 17.2 Å². The first kappa shape index (κ1) is 20.5. The molecular weight excluding hydrogens is 368 g/mol. The molecule has 0 radical (unpaired) electrons. The predicted octanol–water partition coefficient (Wildman–Crippen LogP) is 4.29. The van der Waals surface area contributed by atoms with Crippen molar-refractivity contribution in [2.45, 2.75) is 42.4 Å². The molecule has 0 aliphatic heterocycles. The average molecular weight is 391 g/mol. The van der Waals surface area contributed by atoms with Gasteiger partial charge in [0.1, 0.15) is 21.1 Å². The van der Waals surface area contributed by atoms with Crippen molar-refractivity contribution < 1.29 is 14.1 Å². The molecule has 0 spiro atoms. The Labute approximate surface area is 161 Å². The van der Waals surface area contributed by atoms with E-state index >= 15 is 0 Å². The van der Waals surface area contributed by atoms with Gasteiger partial charge in [0.25, 0.3) is 0 Å². The Morgan fingerprint density at radius 2 is 2.04 bits per heavy atom. The topological polar surface area (TPSA) is 74.6 Å². The monoisotopic (exact) mass is 390 g/mol. The predicted molar refractivity (Wildman–Crippen MR) is 106 cm³/mol. The number of carbonyl (C=O) groups is 1. The van der Waals surface area contributed by atoms with E-state index in [1.165, 1.54) is 11.8 Å². The molecule has 1 unspecified atom stereocenters. The lowest BCUT2D eigenvalue weighted by molar-refractivity contribution is 0.0522. The van der Waals surface area contributed by atoms with Crippen LogP contribution in [0.1, 0.15) is 43.6 Å². The third-order valence-electron chi connectivity index (χ3n) is 3.20. The number of pyridine rings is 1. The molecule has 0 fully saturated rings. The number of hydrogen-bond donors (Lipinski definition) is 0. The van der Waals surface area contributed by atoms with E-state index < -0.39 is 16.1 Å². The second-order valence-corrected chi connectivity index (χ2v) is 9.28. The highest BCUT2D eigenvalue weighted by Crippen LogP contribution is 2.31. The van der Waals surface area contributed by atoms with Crippen LogP contribution >= 0.6 is 11.8 Å². The van der Waals surface area contributed by atoms with E-state index in [9.17, 15) is 9.35 Å². The Kier molecular flexibility index (Phi) is 7.25. The normalized spacial score (nSPS) is 13.0. The maximum absolute atomic E-state index is 12.1. The molecule has 1 heterocycles. The zero-order valence-electron chi connectivity index (χ0n) is 15.3. The van der Waals surface area contributed by atoms with Gasteiger partial charge >= 0.3 is 5.97 Å². The molecule has 5 nitrogen and oxygen atoms in total. The fourth-order valence-electron chi connectivity index (χ4n) is 1.89. The number of nitrogens with zero attached hydrogens (tertiary/aromatic N) is 2. The summed E-state index contributed by atoms with van der Waals surface area (Å²) in [5, 5.41) is 0.680. The first-order valence-corrected chi connectivity index (χ1v) is 10.1. The Hall–Kier alpha value is -1.83. The quantitative estimate of drug-likeness (QED) is 0.418. The molecule has 7 heteroatoms. The highest BCUT2D eigenvalue weighted by atomic mass is 32.2. The Balaban J connectivity index is 2.30. The second-order valence-electron chi connectivity index (χ2n) is 6.31. The van der Waals surface area contributed by atoms with Gasteiger partial charge in [-0.2, -0.15) is 0 Å². The van der Waals surface area contributed by atoms with Crippen LogP contribution in [-0.2, 0) is 16.1 Å². The summed E-state index contributed by atoms with van der Waals surface area (Å²) in [6, 6.07) is 10.9. The molecule has 0 bridgehead atoms. The van der Waals surface area contributed by atoms with Crippen molar-refractivity contribution in [2.24, 2.45) is 4.40 Å². The number of aromatic nitrogens is 1. The van der Waals surface area contributed by atoms with Crippen molar-refractivity contribution in [3.63, 3.8) is 0 Å². The lowest BCUT2D eigenvalue weighted by atomic mass is 10.2. The van der Waals surface area contributed by atoms with Crippen LogP contribution in [0.25, 0.3) is 0 Å². The van der Waals surface area contributed by atoms with Crippen molar-refractivity contribution in [3.05, 3.63) is 53.7 Å². The van der Waals surface area contributed by atoms with Gasteiger partial charge < -0.3 is 9.29 Å². The van der Waals surface area contributed by atoms with Crippen LogP contribution in [0.3, 0.4) is 0 Å². The zero-order chi connectivity index (χ0) is 19.2. The fourth-order valence-corrected chi connectivity index (χ4v) is 3.38. The molecule has 0 saturated carbocycles. The van der Waals surface area contributed by atoms with Gasteiger partial charge in [0.2, 0.25) is 0 Å². The molecular formula is C19H22N2O3S2. The van der Waals surface area contributed by atoms with E-state index in [4.69, 9.17) is 4.74 Å². The van der Waals surface area contributed by atoms with Gasteiger partial charge in [-0.1, -0.05) is 28.3 Å². The Bertz CT molecular complexity index is 788. The van der Waals surface area contributed by atoms with Crippen molar-refractivity contribution in [1.82, 2.24) is 4.98 Å². The summed E-state index contributed by atoms with van der Waals surface area (Å²) in [5.74, 6) is -0.365. The van der Waals surface area contributed by atoms with Crippen LogP contribution in [0, 0.1) is 0 Å². The van der Waals surface area contributed by atoms with Gasteiger partial charge in [0, 0.05) is 16.7 Å². The molecule has 0 amide bonds. The first-order valence-electron chi connectivity index (χ1n) is 8.18. The molecule has 2 aromatic rings. The third kappa shape index (κ3) is 5.59. The average Bonchev–Trinajstić information content (AvgIpc) is 2.60.